The Morgan fingerprint density at radius 2 is 1.50 bits per heavy atom. The zero-order valence-electron chi connectivity index (χ0n) is 16.7. The van der Waals surface area contributed by atoms with E-state index in [2.05, 4.69) is 15.2 Å². The molecule has 0 saturated heterocycles. The molecule has 0 spiro atoms. The number of carbonyl (C=O) groups is 2. The molecule has 1 heterocycles. The predicted octanol–water partition coefficient (Wildman–Crippen LogP) is 1.09. The van der Waals surface area contributed by atoms with Crippen LogP contribution in [0.4, 0.5) is 0 Å². The minimum Gasteiger partial charge on any atom is -0.366 e. The molecule has 0 fully saturated rings. The summed E-state index contributed by atoms with van der Waals surface area (Å²) in [5.41, 5.74) is 21.3. The van der Waals surface area contributed by atoms with Gasteiger partial charge in [-0.15, -0.1) is 10.2 Å². The minimum atomic E-state index is -0.705. The number of carbonyl (C=O) groups excluding carboxylic acids is 2. The molecule has 7 N–H and O–H groups in total. The lowest BCUT2D eigenvalue weighted by Gasteiger charge is -2.34. The number of rotatable bonds is 5. The summed E-state index contributed by atoms with van der Waals surface area (Å²) in [4.78, 5) is 26.9. The maximum atomic E-state index is 11.8. The van der Waals surface area contributed by atoms with Gasteiger partial charge in [-0.1, -0.05) is 12.1 Å². The standard InChI is InChI=1S/C22H24N6O2/c1-12-26-21(28-27-12)22(8-9-23)17-6-4-15(19(24)29)10-13(17)2-3-14-11-16(20(25)30)5-7-18(14)22/h4-7,10-11H,2-3,8-9,23H2,1H3,(H2,24,29)(H2,25,30)(H,26,27,28). The molecule has 154 valence electrons. The van der Waals surface area contributed by atoms with Crippen molar-refractivity contribution in [2.45, 2.75) is 31.6 Å². The fraction of sp³-hybridized carbons (Fsp3) is 0.273. The second-order valence-electron chi connectivity index (χ2n) is 7.68. The smallest absolute Gasteiger partial charge is 0.248 e. The second-order valence-corrected chi connectivity index (χ2v) is 7.68. The summed E-state index contributed by atoms with van der Waals surface area (Å²) in [6.07, 6.45) is 1.91. The maximum absolute atomic E-state index is 11.8. The fourth-order valence-electron chi connectivity index (χ4n) is 4.55. The molecular formula is C22H24N6O2. The van der Waals surface area contributed by atoms with Crippen LogP contribution in [0.1, 0.15) is 61.0 Å². The Hall–Kier alpha value is -3.52. The SMILES string of the molecule is Cc1nnc(C2(CCN)c3ccc(C(N)=O)cc3CCc3cc(C(N)=O)ccc32)[nH]1. The van der Waals surface area contributed by atoms with Crippen molar-refractivity contribution in [2.24, 2.45) is 17.2 Å². The predicted molar refractivity (Wildman–Crippen MR) is 112 cm³/mol. The quantitative estimate of drug-likeness (QED) is 0.501. The number of nitrogens with zero attached hydrogens (tertiary/aromatic N) is 2. The number of H-pyrrole nitrogens is 1. The molecule has 1 aliphatic carbocycles. The number of hydrogen-bond acceptors (Lipinski definition) is 5. The van der Waals surface area contributed by atoms with E-state index < -0.39 is 17.2 Å². The van der Waals surface area contributed by atoms with Gasteiger partial charge in [0.05, 0.1) is 5.41 Å². The Morgan fingerprint density at radius 3 is 1.90 bits per heavy atom. The van der Waals surface area contributed by atoms with Crippen molar-refractivity contribution in [1.29, 1.82) is 0 Å². The molecule has 0 aliphatic heterocycles. The van der Waals surface area contributed by atoms with Gasteiger partial charge in [-0.05, 0) is 79.3 Å². The van der Waals surface area contributed by atoms with Crippen molar-refractivity contribution in [3.05, 3.63) is 81.4 Å². The van der Waals surface area contributed by atoms with E-state index in [4.69, 9.17) is 17.2 Å². The van der Waals surface area contributed by atoms with Gasteiger partial charge in [-0.3, -0.25) is 9.59 Å². The van der Waals surface area contributed by atoms with Crippen LogP contribution in [0.15, 0.2) is 36.4 Å². The highest BCUT2D eigenvalue weighted by atomic mass is 16.1. The molecule has 0 atom stereocenters. The highest BCUT2D eigenvalue weighted by Gasteiger charge is 2.43. The van der Waals surface area contributed by atoms with Crippen LogP contribution in [0.25, 0.3) is 0 Å². The van der Waals surface area contributed by atoms with Crippen LogP contribution in [0, 0.1) is 6.92 Å². The van der Waals surface area contributed by atoms with Crippen LogP contribution in [0.2, 0.25) is 0 Å². The van der Waals surface area contributed by atoms with Gasteiger partial charge in [0.2, 0.25) is 11.8 Å². The molecular weight excluding hydrogens is 380 g/mol. The van der Waals surface area contributed by atoms with Crippen LogP contribution in [0.5, 0.6) is 0 Å². The van der Waals surface area contributed by atoms with Gasteiger partial charge in [0.15, 0.2) is 0 Å². The van der Waals surface area contributed by atoms with Crippen molar-refractivity contribution in [3.63, 3.8) is 0 Å². The lowest BCUT2D eigenvalue weighted by atomic mass is 9.69. The molecule has 2 amide bonds. The molecule has 3 aromatic rings. The topological polar surface area (TPSA) is 154 Å². The Morgan fingerprint density at radius 1 is 0.967 bits per heavy atom. The maximum Gasteiger partial charge on any atom is 0.248 e. The average molecular weight is 404 g/mol. The van der Waals surface area contributed by atoms with Gasteiger partial charge >= 0.3 is 0 Å². The summed E-state index contributed by atoms with van der Waals surface area (Å²) in [7, 11) is 0. The average Bonchev–Trinajstić information content (AvgIpc) is 3.11. The second kappa shape index (κ2) is 7.38. The molecule has 4 rings (SSSR count). The number of fused-ring (bicyclic) bond motifs is 2. The first kappa shape index (κ1) is 19.8. The van der Waals surface area contributed by atoms with E-state index in [1.807, 2.05) is 31.2 Å². The number of aromatic nitrogens is 3. The molecule has 0 radical (unpaired) electrons. The van der Waals surface area contributed by atoms with Crippen LogP contribution in [-0.2, 0) is 18.3 Å². The lowest BCUT2D eigenvalue weighted by molar-refractivity contribution is 0.0991. The third-order valence-electron chi connectivity index (χ3n) is 5.89. The van der Waals surface area contributed by atoms with Crippen molar-refractivity contribution in [1.82, 2.24) is 15.2 Å². The Balaban J connectivity index is 2.07. The molecule has 1 aromatic heterocycles. The number of primary amides is 2. The highest BCUT2D eigenvalue weighted by molar-refractivity contribution is 5.94. The third kappa shape index (κ3) is 3.05. The van der Waals surface area contributed by atoms with Gasteiger partial charge in [-0.25, -0.2) is 0 Å². The van der Waals surface area contributed by atoms with E-state index >= 15 is 0 Å². The van der Waals surface area contributed by atoms with Crippen LogP contribution in [-0.4, -0.2) is 33.5 Å². The number of nitrogens with two attached hydrogens (primary N) is 3. The number of benzene rings is 2. The van der Waals surface area contributed by atoms with Gasteiger partial charge < -0.3 is 22.2 Å². The monoisotopic (exact) mass is 404 g/mol. The van der Waals surface area contributed by atoms with E-state index in [0.29, 0.717) is 48.6 Å². The Kier molecular flexibility index (Phi) is 4.87. The molecule has 0 unspecified atom stereocenters. The van der Waals surface area contributed by atoms with E-state index in [0.717, 1.165) is 22.3 Å². The normalized spacial score (nSPS) is 14.5. The number of aromatic amines is 1. The molecule has 0 bridgehead atoms. The first-order valence-electron chi connectivity index (χ1n) is 9.83. The summed E-state index contributed by atoms with van der Waals surface area (Å²) in [5, 5.41) is 8.63. The van der Waals surface area contributed by atoms with E-state index in [1.165, 1.54) is 0 Å². The van der Waals surface area contributed by atoms with E-state index in [-0.39, 0.29) is 0 Å². The zero-order valence-corrected chi connectivity index (χ0v) is 16.7. The third-order valence-corrected chi connectivity index (χ3v) is 5.89. The van der Waals surface area contributed by atoms with Gasteiger partial charge in [0.25, 0.3) is 0 Å². The number of amides is 2. The zero-order chi connectivity index (χ0) is 21.5. The van der Waals surface area contributed by atoms with Crippen LogP contribution < -0.4 is 17.2 Å². The largest absolute Gasteiger partial charge is 0.366 e. The summed E-state index contributed by atoms with van der Waals surface area (Å²) >= 11 is 0. The van der Waals surface area contributed by atoms with Crippen molar-refractivity contribution in [3.8, 4) is 0 Å². The molecule has 0 saturated carbocycles. The van der Waals surface area contributed by atoms with Gasteiger partial charge in [0.1, 0.15) is 11.6 Å². The van der Waals surface area contributed by atoms with Gasteiger partial charge in [0, 0.05) is 11.1 Å². The molecule has 30 heavy (non-hydrogen) atoms. The number of hydrogen-bond donors (Lipinski definition) is 4. The van der Waals surface area contributed by atoms with Crippen LogP contribution >= 0.6 is 0 Å². The first-order chi connectivity index (χ1) is 14.4. The molecule has 1 aliphatic rings. The number of nitrogens with one attached hydrogen (secondary N) is 1. The summed E-state index contributed by atoms with van der Waals surface area (Å²) in [6, 6.07) is 11.0. The van der Waals surface area contributed by atoms with Crippen LogP contribution in [0.3, 0.4) is 0 Å². The highest BCUT2D eigenvalue weighted by Crippen LogP contribution is 2.46. The molecule has 8 heteroatoms. The Bertz CT molecular complexity index is 1080. The van der Waals surface area contributed by atoms with Crippen molar-refractivity contribution < 1.29 is 9.59 Å². The Labute approximate surface area is 173 Å². The number of aryl methyl sites for hydroxylation is 3. The summed E-state index contributed by atoms with van der Waals surface area (Å²) in [6.45, 7) is 2.24. The van der Waals surface area contributed by atoms with E-state index in [1.54, 1.807) is 12.1 Å². The van der Waals surface area contributed by atoms with Gasteiger partial charge in [-0.2, -0.15) is 0 Å². The summed E-state index contributed by atoms with van der Waals surface area (Å²) < 4.78 is 0. The summed E-state index contributed by atoms with van der Waals surface area (Å²) in [5.74, 6) is 0.413. The van der Waals surface area contributed by atoms with E-state index in [9.17, 15) is 9.59 Å². The van der Waals surface area contributed by atoms with Crippen molar-refractivity contribution in [2.75, 3.05) is 6.54 Å². The minimum absolute atomic E-state index is 0.397. The molecule has 8 nitrogen and oxygen atoms in total. The lowest BCUT2D eigenvalue weighted by Crippen LogP contribution is -2.35. The fourth-order valence-corrected chi connectivity index (χ4v) is 4.55. The van der Waals surface area contributed by atoms with Crippen molar-refractivity contribution >= 4 is 11.8 Å². The first-order valence-corrected chi connectivity index (χ1v) is 9.83. The molecule has 2 aromatic carbocycles.